The minimum Gasteiger partial charge on any atom is -0.328 e. The minimum absolute atomic E-state index is 0.607. The minimum atomic E-state index is 0.607. The molecule has 2 heterocycles. The van der Waals surface area contributed by atoms with E-state index in [1.54, 1.807) is 0 Å². The second-order valence-corrected chi connectivity index (χ2v) is 4.33. The molecular formula is C12H14N2. The summed E-state index contributed by atoms with van der Waals surface area (Å²) in [5, 5.41) is 0. The molecule has 1 aliphatic heterocycles. The van der Waals surface area contributed by atoms with Crippen molar-refractivity contribution in [2.75, 3.05) is 0 Å². The molecule has 1 aliphatic rings. The highest BCUT2D eigenvalue weighted by Crippen LogP contribution is 2.30. The van der Waals surface area contributed by atoms with Crippen LogP contribution in [0.3, 0.4) is 0 Å². The average molecular weight is 186 g/mol. The Balaban J connectivity index is 2.43. The fraction of sp³-hybridized carbons (Fsp3) is 0.417. The topological polar surface area (TPSA) is 17.8 Å². The summed E-state index contributed by atoms with van der Waals surface area (Å²) >= 11 is 0. The van der Waals surface area contributed by atoms with Crippen molar-refractivity contribution in [1.82, 2.24) is 9.55 Å². The summed E-state index contributed by atoms with van der Waals surface area (Å²) in [6, 6.07) is 5.08. The van der Waals surface area contributed by atoms with Crippen LogP contribution in [0.4, 0.5) is 0 Å². The summed E-state index contributed by atoms with van der Waals surface area (Å²) in [5.74, 6) is 0. The highest BCUT2D eigenvalue weighted by molar-refractivity contribution is 5.80. The van der Waals surface area contributed by atoms with Crippen LogP contribution in [-0.4, -0.2) is 9.55 Å². The number of nitrogens with zero attached hydrogens (tertiary/aromatic N) is 2. The van der Waals surface area contributed by atoms with E-state index in [1.807, 2.05) is 6.33 Å². The van der Waals surface area contributed by atoms with Crippen LogP contribution >= 0.6 is 0 Å². The highest BCUT2D eigenvalue weighted by Gasteiger charge is 2.18. The summed E-state index contributed by atoms with van der Waals surface area (Å²) < 4.78 is 2.31. The molecule has 0 N–H and O–H groups in total. The molecule has 1 atom stereocenters. The predicted molar refractivity (Wildman–Crippen MR) is 57.5 cm³/mol. The number of hydrogen-bond acceptors (Lipinski definition) is 1. The Bertz CT molecular complexity index is 496. The zero-order valence-corrected chi connectivity index (χ0v) is 8.62. The van der Waals surface area contributed by atoms with Crippen molar-refractivity contribution in [1.29, 1.82) is 0 Å². The van der Waals surface area contributed by atoms with Gasteiger partial charge in [-0.2, -0.15) is 0 Å². The number of benzene rings is 1. The second-order valence-electron chi connectivity index (χ2n) is 4.33. The van der Waals surface area contributed by atoms with Gasteiger partial charge in [0.2, 0.25) is 0 Å². The molecule has 14 heavy (non-hydrogen) atoms. The van der Waals surface area contributed by atoms with Crippen molar-refractivity contribution in [2.24, 2.45) is 0 Å². The van der Waals surface area contributed by atoms with E-state index in [0.717, 1.165) is 5.52 Å². The summed E-state index contributed by atoms with van der Waals surface area (Å²) in [6.07, 6.45) is 4.42. The van der Waals surface area contributed by atoms with Gasteiger partial charge in [0.1, 0.15) is 0 Å². The molecule has 0 fully saturated rings. The molecule has 2 nitrogen and oxygen atoms in total. The molecule has 1 aromatic heterocycles. The fourth-order valence-corrected chi connectivity index (χ4v) is 2.44. The van der Waals surface area contributed by atoms with Crippen LogP contribution in [0, 0.1) is 6.92 Å². The Morgan fingerprint density at radius 2 is 2.29 bits per heavy atom. The summed E-state index contributed by atoms with van der Waals surface area (Å²) in [4.78, 5) is 4.46. The lowest BCUT2D eigenvalue weighted by molar-refractivity contribution is 0.501. The molecule has 1 aromatic carbocycles. The molecule has 2 aromatic rings. The van der Waals surface area contributed by atoms with E-state index in [2.05, 4.69) is 35.5 Å². The van der Waals surface area contributed by atoms with Gasteiger partial charge < -0.3 is 4.57 Å². The second kappa shape index (κ2) is 2.59. The van der Waals surface area contributed by atoms with Crippen LogP contribution in [0.5, 0.6) is 0 Å². The standard InChI is InChI=1S/C12H14N2/c1-8-5-10-4-3-9(2)14-7-13-11(6-8)12(10)14/h5-7,9H,3-4H2,1-2H3. The van der Waals surface area contributed by atoms with Crippen LogP contribution in [0.25, 0.3) is 11.0 Å². The molecule has 0 saturated heterocycles. The molecule has 0 radical (unpaired) electrons. The Morgan fingerprint density at radius 1 is 1.43 bits per heavy atom. The molecular weight excluding hydrogens is 172 g/mol. The molecule has 0 saturated carbocycles. The summed E-state index contributed by atoms with van der Waals surface area (Å²) in [6.45, 7) is 4.41. The van der Waals surface area contributed by atoms with E-state index >= 15 is 0 Å². The lowest BCUT2D eigenvalue weighted by Gasteiger charge is -2.21. The van der Waals surface area contributed by atoms with E-state index in [0.29, 0.717) is 6.04 Å². The van der Waals surface area contributed by atoms with Gasteiger partial charge in [0, 0.05) is 6.04 Å². The Hall–Kier alpha value is -1.31. The predicted octanol–water partition coefficient (Wildman–Crippen LogP) is 2.85. The van der Waals surface area contributed by atoms with Crippen molar-refractivity contribution in [3.8, 4) is 0 Å². The van der Waals surface area contributed by atoms with Crippen LogP contribution in [0.15, 0.2) is 18.5 Å². The van der Waals surface area contributed by atoms with Crippen LogP contribution in [0.1, 0.15) is 30.5 Å². The Labute approximate surface area is 83.6 Å². The van der Waals surface area contributed by atoms with E-state index in [4.69, 9.17) is 0 Å². The monoisotopic (exact) mass is 186 g/mol. The van der Waals surface area contributed by atoms with E-state index < -0.39 is 0 Å². The van der Waals surface area contributed by atoms with Gasteiger partial charge in [0.15, 0.2) is 0 Å². The molecule has 72 valence electrons. The Kier molecular flexibility index (Phi) is 1.49. The van der Waals surface area contributed by atoms with Crippen molar-refractivity contribution in [3.63, 3.8) is 0 Å². The zero-order chi connectivity index (χ0) is 9.71. The first-order valence-corrected chi connectivity index (χ1v) is 5.22. The van der Waals surface area contributed by atoms with Gasteiger partial charge in [0.25, 0.3) is 0 Å². The lowest BCUT2D eigenvalue weighted by atomic mass is 9.98. The third-order valence-electron chi connectivity index (χ3n) is 3.20. The number of rotatable bonds is 0. The van der Waals surface area contributed by atoms with E-state index in [1.165, 1.54) is 29.5 Å². The quantitative estimate of drug-likeness (QED) is 0.618. The smallest absolute Gasteiger partial charge is 0.0960 e. The molecule has 3 rings (SSSR count). The number of aryl methyl sites for hydroxylation is 2. The molecule has 2 heteroatoms. The van der Waals surface area contributed by atoms with Gasteiger partial charge in [-0.15, -0.1) is 0 Å². The highest BCUT2D eigenvalue weighted by atomic mass is 15.1. The lowest BCUT2D eigenvalue weighted by Crippen LogP contribution is -2.11. The largest absolute Gasteiger partial charge is 0.328 e. The van der Waals surface area contributed by atoms with Crippen molar-refractivity contribution >= 4 is 11.0 Å². The molecule has 1 unspecified atom stereocenters. The molecule has 0 amide bonds. The summed E-state index contributed by atoms with van der Waals surface area (Å²) in [7, 11) is 0. The van der Waals surface area contributed by atoms with Gasteiger partial charge >= 0.3 is 0 Å². The normalized spacial score (nSPS) is 20.3. The van der Waals surface area contributed by atoms with Crippen molar-refractivity contribution < 1.29 is 0 Å². The average Bonchev–Trinajstić information content (AvgIpc) is 2.56. The molecule has 0 aliphatic carbocycles. The van der Waals surface area contributed by atoms with Crippen LogP contribution in [-0.2, 0) is 6.42 Å². The maximum absolute atomic E-state index is 4.46. The number of aromatic nitrogens is 2. The number of hydrogen-bond donors (Lipinski definition) is 0. The summed E-state index contributed by atoms with van der Waals surface area (Å²) in [5.41, 5.74) is 5.31. The van der Waals surface area contributed by atoms with Crippen molar-refractivity contribution in [2.45, 2.75) is 32.7 Å². The van der Waals surface area contributed by atoms with Crippen molar-refractivity contribution in [3.05, 3.63) is 29.6 Å². The first-order chi connectivity index (χ1) is 6.75. The van der Waals surface area contributed by atoms with Gasteiger partial charge in [-0.05, 0) is 43.9 Å². The Morgan fingerprint density at radius 3 is 3.14 bits per heavy atom. The van der Waals surface area contributed by atoms with Gasteiger partial charge in [-0.1, -0.05) is 6.07 Å². The first-order valence-electron chi connectivity index (χ1n) is 5.22. The van der Waals surface area contributed by atoms with Gasteiger partial charge in [-0.25, -0.2) is 4.98 Å². The van der Waals surface area contributed by atoms with Gasteiger partial charge in [-0.3, -0.25) is 0 Å². The first kappa shape index (κ1) is 8.04. The third-order valence-corrected chi connectivity index (χ3v) is 3.20. The van der Waals surface area contributed by atoms with E-state index in [9.17, 15) is 0 Å². The molecule has 0 spiro atoms. The maximum atomic E-state index is 4.46. The zero-order valence-electron chi connectivity index (χ0n) is 8.62. The third kappa shape index (κ3) is 0.939. The van der Waals surface area contributed by atoms with Crippen LogP contribution in [0.2, 0.25) is 0 Å². The maximum Gasteiger partial charge on any atom is 0.0960 e. The van der Waals surface area contributed by atoms with E-state index in [-0.39, 0.29) is 0 Å². The van der Waals surface area contributed by atoms with Crippen LogP contribution < -0.4 is 0 Å². The SMILES string of the molecule is Cc1cc2c3c(c1)ncn3C(C)CC2. The molecule has 0 bridgehead atoms. The fourth-order valence-electron chi connectivity index (χ4n) is 2.44. The van der Waals surface area contributed by atoms with Gasteiger partial charge in [0.05, 0.1) is 17.4 Å². The number of imidazole rings is 1.